The third-order valence-electron chi connectivity index (χ3n) is 1.70. The van der Waals surface area contributed by atoms with Crippen molar-refractivity contribution in [3.63, 3.8) is 0 Å². The molecule has 0 saturated heterocycles. The van der Waals surface area contributed by atoms with E-state index in [0.717, 1.165) is 0 Å². The smallest absolute Gasteiger partial charge is 0.273 e. The van der Waals surface area contributed by atoms with Crippen LogP contribution in [-0.4, -0.2) is 28.5 Å². The molecule has 1 amide bonds. The van der Waals surface area contributed by atoms with Crippen LogP contribution in [0.4, 0.5) is 11.6 Å². The Labute approximate surface area is 110 Å². The lowest BCUT2D eigenvalue weighted by molar-refractivity contribution is 0.0947. The molecule has 7 nitrogen and oxygen atoms in total. The number of nitrogen functional groups attached to an aromatic ring is 2. The van der Waals surface area contributed by atoms with Crippen molar-refractivity contribution in [3.8, 4) is 0 Å². The summed E-state index contributed by atoms with van der Waals surface area (Å²) in [5.74, 6) is -0.559. The number of nitrogens with zero attached hydrogens (tertiary/aromatic N) is 2. The van der Waals surface area contributed by atoms with Crippen LogP contribution in [0.5, 0.6) is 0 Å². The standard InChI is InChI=1S/C8H13ClN6O.ClH/c1-3(10)2-13-8(16)4-6(11)15-7(12)5(9)14-4;/h3H,2,10H2,1H3,(H,13,16)(H4,11,12,15);1H/t3-;/m1./s1. The Kier molecular flexibility index (Phi) is 5.94. The number of anilines is 2. The molecule has 0 unspecified atom stereocenters. The number of rotatable bonds is 3. The number of carbonyl (C=O) groups is 1. The van der Waals surface area contributed by atoms with Gasteiger partial charge in [-0.25, -0.2) is 9.97 Å². The van der Waals surface area contributed by atoms with Gasteiger partial charge in [0.05, 0.1) is 0 Å². The molecule has 1 atom stereocenters. The van der Waals surface area contributed by atoms with Crippen molar-refractivity contribution < 1.29 is 4.79 Å². The van der Waals surface area contributed by atoms with Gasteiger partial charge in [0.25, 0.3) is 5.91 Å². The molecule has 0 fully saturated rings. The number of hydrogen-bond donors (Lipinski definition) is 4. The molecule has 0 radical (unpaired) electrons. The van der Waals surface area contributed by atoms with Gasteiger partial charge in [-0.2, -0.15) is 0 Å². The Bertz CT molecular complexity index is 411. The van der Waals surface area contributed by atoms with Gasteiger partial charge in [0, 0.05) is 12.6 Å². The van der Waals surface area contributed by atoms with Crippen LogP contribution >= 0.6 is 24.0 Å². The molecule has 9 heteroatoms. The second kappa shape index (κ2) is 6.43. The average molecular weight is 281 g/mol. The lowest BCUT2D eigenvalue weighted by Gasteiger charge is -2.09. The van der Waals surface area contributed by atoms with Crippen molar-refractivity contribution in [2.24, 2.45) is 5.73 Å². The molecule has 0 aliphatic rings. The van der Waals surface area contributed by atoms with Crippen LogP contribution < -0.4 is 22.5 Å². The maximum atomic E-state index is 11.6. The number of hydrogen-bond acceptors (Lipinski definition) is 6. The molecule has 96 valence electrons. The maximum Gasteiger partial charge on any atom is 0.273 e. The van der Waals surface area contributed by atoms with Crippen LogP contribution in [0, 0.1) is 0 Å². The van der Waals surface area contributed by atoms with Crippen molar-refractivity contribution in [1.29, 1.82) is 0 Å². The van der Waals surface area contributed by atoms with E-state index in [-0.39, 0.29) is 40.9 Å². The van der Waals surface area contributed by atoms with Crippen molar-refractivity contribution >= 4 is 41.6 Å². The molecule has 1 rings (SSSR count). The van der Waals surface area contributed by atoms with Gasteiger partial charge in [0.15, 0.2) is 22.5 Å². The summed E-state index contributed by atoms with van der Waals surface area (Å²) >= 11 is 5.63. The zero-order chi connectivity index (χ0) is 12.3. The molecular formula is C8H14Cl2N6O. The summed E-state index contributed by atoms with van der Waals surface area (Å²) in [5.41, 5.74) is 16.3. The molecular weight excluding hydrogens is 267 g/mol. The summed E-state index contributed by atoms with van der Waals surface area (Å²) in [4.78, 5) is 19.0. The molecule has 0 spiro atoms. The average Bonchev–Trinajstić information content (AvgIpc) is 2.20. The van der Waals surface area contributed by atoms with Gasteiger partial charge in [-0.3, -0.25) is 4.79 Å². The van der Waals surface area contributed by atoms with E-state index in [0.29, 0.717) is 6.54 Å². The summed E-state index contributed by atoms with van der Waals surface area (Å²) in [7, 11) is 0. The largest absolute Gasteiger partial charge is 0.382 e. The maximum absolute atomic E-state index is 11.6. The molecule has 0 bridgehead atoms. The Hall–Kier alpha value is -1.31. The predicted molar refractivity (Wildman–Crippen MR) is 69.1 cm³/mol. The molecule has 1 aromatic rings. The molecule has 0 aliphatic carbocycles. The highest BCUT2D eigenvalue weighted by Gasteiger charge is 2.15. The summed E-state index contributed by atoms with van der Waals surface area (Å²) in [6, 6.07) is -0.164. The Balaban J connectivity index is 0.00000256. The van der Waals surface area contributed by atoms with Crippen LogP contribution in [0.2, 0.25) is 5.15 Å². The van der Waals surface area contributed by atoms with Crippen molar-refractivity contribution in [1.82, 2.24) is 15.3 Å². The van der Waals surface area contributed by atoms with Crippen LogP contribution in [0.3, 0.4) is 0 Å². The molecule has 7 N–H and O–H groups in total. The van der Waals surface area contributed by atoms with Crippen molar-refractivity contribution in [2.45, 2.75) is 13.0 Å². The molecule has 17 heavy (non-hydrogen) atoms. The zero-order valence-corrected chi connectivity index (χ0v) is 10.7. The van der Waals surface area contributed by atoms with E-state index >= 15 is 0 Å². The molecule has 0 saturated carbocycles. The second-order valence-electron chi connectivity index (χ2n) is 3.32. The number of carbonyl (C=O) groups excluding carboxylic acids is 1. The topological polar surface area (TPSA) is 133 Å². The fourth-order valence-electron chi connectivity index (χ4n) is 0.946. The highest BCUT2D eigenvalue weighted by Crippen LogP contribution is 2.16. The van der Waals surface area contributed by atoms with Gasteiger partial charge in [0.1, 0.15) is 0 Å². The van der Waals surface area contributed by atoms with E-state index in [2.05, 4.69) is 15.3 Å². The highest BCUT2D eigenvalue weighted by atomic mass is 35.5. The van der Waals surface area contributed by atoms with Gasteiger partial charge in [0.2, 0.25) is 0 Å². The molecule has 0 aromatic carbocycles. The van der Waals surface area contributed by atoms with Gasteiger partial charge < -0.3 is 22.5 Å². The number of nitrogens with one attached hydrogen (secondary N) is 1. The predicted octanol–water partition coefficient (Wildman–Crippen LogP) is -0.207. The van der Waals surface area contributed by atoms with E-state index < -0.39 is 5.91 Å². The first-order valence-electron chi connectivity index (χ1n) is 4.54. The van der Waals surface area contributed by atoms with Gasteiger partial charge in [-0.05, 0) is 6.92 Å². The first-order valence-corrected chi connectivity index (χ1v) is 4.92. The fourth-order valence-corrected chi connectivity index (χ4v) is 1.07. The molecule has 0 aliphatic heterocycles. The first-order chi connectivity index (χ1) is 7.41. The molecule has 1 heterocycles. The van der Waals surface area contributed by atoms with Crippen molar-refractivity contribution in [3.05, 3.63) is 10.8 Å². The van der Waals surface area contributed by atoms with Crippen LogP contribution in [0.25, 0.3) is 0 Å². The Morgan fingerprint density at radius 1 is 1.41 bits per heavy atom. The highest BCUT2D eigenvalue weighted by molar-refractivity contribution is 6.31. The van der Waals surface area contributed by atoms with Crippen LogP contribution in [0.1, 0.15) is 17.4 Å². The molecule has 1 aromatic heterocycles. The number of nitrogens with two attached hydrogens (primary N) is 3. The SMILES string of the molecule is C[C@@H](N)CNC(=O)c1nc(Cl)c(N)nc1N.Cl. The third kappa shape index (κ3) is 4.22. The second-order valence-corrected chi connectivity index (χ2v) is 3.68. The monoisotopic (exact) mass is 280 g/mol. The van der Waals surface area contributed by atoms with Gasteiger partial charge in [-0.1, -0.05) is 11.6 Å². The lowest BCUT2D eigenvalue weighted by atomic mass is 10.3. The summed E-state index contributed by atoms with van der Waals surface area (Å²) in [6.45, 7) is 2.06. The normalized spacial score (nSPS) is 11.5. The quantitative estimate of drug-likeness (QED) is 0.606. The van der Waals surface area contributed by atoms with E-state index in [1.807, 2.05) is 0 Å². The van der Waals surface area contributed by atoms with E-state index in [1.165, 1.54) is 0 Å². The number of halogens is 2. The number of amides is 1. The first kappa shape index (κ1) is 15.7. The Morgan fingerprint density at radius 3 is 2.53 bits per heavy atom. The minimum atomic E-state index is -0.482. The lowest BCUT2D eigenvalue weighted by Crippen LogP contribution is -2.36. The number of aromatic nitrogens is 2. The van der Waals surface area contributed by atoms with Gasteiger partial charge >= 0.3 is 0 Å². The minimum absolute atomic E-state index is 0. The summed E-state index contributed by atoms with van der Waals surface area (Å²) < 4.78 is 0. The summed E-state index contributed by atoms with van der Waals surface area (Å²) in [5, 5.41) is 2.48. The minimum Gasteiger partial charge on any atom is -0.382 e. The van der Waals surface area contributed by atoms with Gasteiger partial charge in [-0.15, -0.1) is 12.4 Å². The van der Waals surface area contributed by atoms with Crippen LogP contribution in [0.15, 0.2) is 0 Å². The Morgan fingerprint density at radius 2 is 2.00 bits per heavy atom. The van der Waals surface area contributed by atoms with E-state index in [4.69, 9.17) is 28.8 Å². The van der Waals surface area contributed by atoms with E-state index in [1.54, 1.807) is 6.92 Å². The zero-order valence-electron chi connectivity index (χ0n) is 9.11. The fraction of sp³-hybridized carbons (Fsp3) is 0.375. The van der Waals surface area contributed by atoms with Crippen molar-refractivity contribution in [2.75, 3.05) is 18.0 Å². The van der Waals surface area contributed by atoms with Crippen LogP contribution in [-0.2, 0) is 0 Å². The van der Waals surface area contributed by atoms with E-state index in [9.17, 15) is 4.79 Å². The summed E-state index contributed by atoms with van der Waals surface area (Å²) in [6.07, 6.45) is 0. The third-order valence-corrected chi connectivity index (χ3v) is 1.98.